The van der Waals surface area contributed by atoms with Crippen LogP contribution in [0.1, 0.15) is 23.6 Å². The van der Waals surface area contributed by atoms with Crippen LogP contribution in [-0.4, -0.2) is 16.4 Å². The first-order valence-corrected chi connectivity index (χ1v) is 6.30. The van der Waals surface area contributed by atoms with Crippen LogP contribution in [0.4, 0.5) is 0 Å². The molecule has 21 heavy (non-hydrogen) atoms. The third kappa shape index (κ3) is 3.18. The van der Waals surface area contributed by atoms with E-state index in [1.807, 2.05) is 30.3 Å². The molecule has 0 saturated carbocycles. The number of amides is 1. The van der Waals surface area contributed by atoms with Crippen molar-refractivity contribution in [2.75, 3.05) is 0 Å². The Hall–Kier alpha value is -1.63. The number of nitrogens with one attached hydrogen (secondary N) is 1. The van der Waals surface area contributed by atoms with Crippen LogP contribution < -0.4 is 45.6 Å². The minimum Gasteiger partial charge on any atom is -0.590 e. The summed E-state index contributed by atoms with van der Waals surface area (Å²) >= 11 is 0. The van der Waals surface area contributed by atoms with Gasteiger partial charge in [0.25, 0.3) is 0 Å². The number of nitrogens with zero attached hydrogens (tertiary/aromatic N) is 3. The molecule has 0 saturated heterocycles. The number of aryl methyl sites for hydroxylation is 1. The number of carbonyl (C=O) groups excluding carboxylic acids is 1. The van der Waals surface area contributed by atoms with Crippen molar-refractivity contribution in [1.29, 1.82) is 0 Å². The van der Waals surface area contributed by atoms with Crippen LogP contribution in [0.3, 0.4) is 0 Å². The second-order valence-electron chi connectivity index (χ2n) is 4.71. The number of aromatic nitrogens is 2. The Morgan fingerprint density at radius 3 is 2.62 bits per heavy atom. The molecule has 2 heterocycles. The van der Waals surface area contributed by atoms with Gasteiger partial charge in [0.1, 0.15) is 5.84 Å². The zero-order valence-corrected chi connectivity index (χ0v) is 13.9. The van der Waals surface area contributed by atoms with Crippen LogP contribution in [0.2, 0.25) is 0 Å². The molecule has 0 fully saturated rings. The van der Waals surface area contributed by atoms with E-state index < -0.39 is 0 Å². The molecule has 3 rings (SSSR count). The number of hydrogen-bond donors (Lipinski definition) is 1. The van der Waals surface area contributed by atoms with Crippen molar-refractivity contribution in [3.63, 3.8) is 0 Å². The third-order valence-electron chi connectivity index (χ3n) is 3.21. The fourth-order valence-electron chi connectivity index (χ4n) is 2.31. The second-order valence-corrected chi connectivity index (χ2v) is 4.71. The molecule has 2 aromatic rings. The molecule has 0 radical (unpaired) electrons. The predicted octanol–water partition coefficient (Wildman–Crippen LogP) is -2.42. The van der Waals surface area contributed by atoms with Gasteiger partial charge in [0.2, 0.25) is 11.5 Å². The second kappa shape index (κ2) is 6.43. The van der Waals surface area contributed by atoms with E-state index in [1.165, 1.54) is 10.7 Å². The molecule has 7 heteroatoms. The number of hydrazone groups is 1. The Morgan fingerprint density at radius 2 is 2.00 bits per heavy atom. The van der Waals surface area contributed by atoms with E-state index in [0.29, 0.717) is 11.5 Å². The Balaban J connectivity index is 0.00000161. The average Bonchev–Trinajstić information content (AvgIpc) is 2.78. The predicted molar refractivity (Wildman–Crippen MR) is 73.5 cm³/mol. The number of rotatable bonds is 1. The minimum atomic E-state index is -0.267. The summed E-state index contributed by atoms with van der Waals surface area (Å²) in [4.78, 5) is 23.5. The average molecular weight is 292 g/mol. The summed E-state index contributed by atoms with van der Waals surface area (Å²) in [6.07, 6.45) is 0.251. The molecule has 1 aliphatic rings. The maximum Gasteiger partial charge on any atom is 1.00 e. The Morgan fingerprint density at radius 1 is 1.29 bits per heavy atom. The Kier molecular flexibility index (Phi) is 4.82. The molecular weight excluding hydrogens is 279 g/mol. The minimum absolute atomic E-state index is 0. The molecule has 6 nitrogen and oxygen atoms in total. The summed E-state index contributed by atoms with van der Waals surface area (Å²) in [5.74, 6) is 0.0183. The fraction of sp³-hybridized carbons (Fsp3) is 0.214. The van der Waals surface area contributed by atoms with Gasteiger partial charge in [0.15, 0.2) is 0 Å². The van der Waals surface area contributed by atoms with Crippen LogP contribution in [0.5, 0.6) is 0 Å². The largest absolute Gasteiger partial charge is 1.00 e. The van der Waals surface area contributed by atoms with E-state index in [-0.39, 0.29) is 53.4 Å². The van der Waals surface area contributed by atoms with Gasteiger partial charge in [-0.05, 0) is 11.6 Å². The molecule has 1 aromatic carbocycles. The number of carbonyl (C=O) groups is 1. The van der Waals surface area contributed by atoms with Gasteiger partial charge < -0.3 is 9.78 Å². The summed E-state index contributed by atoms with van der Waals surface area (Å²) in [5, 5.41) is 8.19. The zero-order chi connectivity index (χ0) is 14.1. The monoisotopic (exact) mass is 292 g/mol. The van der Waals surface area contributed by atoms with Gasteiger partial charge in [-0.3, -0.25) is 9.59 Å². The summed E-state index contributed by atoms with van der Waals surface area (Å²) in [6, 6.07) is 11.0. The molecule has 0 spiro atoms. The summed E-state index contributed by atoms with van der Waals surface area (Å²) in [7, 11) is 0. The maximum absolute atomic E-state index is 11.9. The summed E-state index contributed by atoms with van der Waals surface area (Å²) in [5.41, 5.74) is 3.74. The molecule has 102 valence electrons. The Labute approximate surface area is 143 Å². The standard InChI is InChI=1S/C14H14N4O2.Na/c1-9-7-13(20)18(17-9)14-11(8-12(19)15-16-14)10-5-3-2-4-6-10;/h2-7,11H,8H2,1H3,(H2,15,17,19,20);/q;+1/p-1. The molecule has 1 atom stereocenters. The zero-order valence-electron chi connectivity index (χ0n) is 11.9. The fourth-order valence-corrected chi connectivity index (χ4v) is 2.31. The normalized spacial score (nSPS) is 17.7. The molecule has 1 aromatic heterocycles. The van der Waals surface area contributed by atoms with Crippen molar-refractivity contribution in [2.45, 2.75) is 19.3 Å². The number of benzene rings is 1. The van der Waals surface area contributed by atoms with Crippen LogP contribution >= 0.6 is 0 Å². The van der Waals surface area contributed by atoms with Crippen molar-refractivity contribution in [3.8, 4) is 0 Å². The van der Waals surface area contributed by atoms with Crippen LogP contribution in [-0.2, 0) is 4.79 Å². The quantitative estimate of drug-likeness (QED) is 0.594. The first-order chi connectivity index (χ1) is 9.65. The molecule has 1 N–H and O–H groups in total. The summed E-state index contributed by atoms with van der Waals surface area (Å²) in [6.45, 7) is 1.75. The summed E-state index contributed by atoms with van der Waals surface area (Å²) < 4.78 is 1.26. The van der Waals surface area contributed by atoms with E-state index in [9.17, 15) is 9.59 Å². The molecular formula is C14H13N4NaO2. The van der Waals surface area contributed by atoms with E-state index in [4.69, 9.17) is 0 Å². The van der Waals surface area contributed by atoms with Gasteiger partial charge in [0, 0.05) is 6.42 Å². The third-order valence-corrected chi connectivity index (χ3v) is 3.21. The Bertz CT molecular complexity index is 733. The van der Waals surface area contributed by atoms with E-state index >= 15 is 0 Å². The van der Waals surface area contributed by atoms with Gasteiger partial charge in [-0.15, -0.1) is 5.69 Å². The van der Waals surface area contributed by atoms with E-state index in [0.717, 1.165) is 5.56 Å². The first kappa shape index (κ1) is 15.8. The molecule has 0 aliphatic carbocycles. The van der Waals surface area contributed by atoms with Crippen LogP contribution in [0, 0.1) is 6.92 Å². The van der Waals surface area contributed by atoms with Crippen LogP contribution in [0.15, 0.2) is 46.3 Å². The van der Waals surface area contributed by atoms with E-state index in [1.54, 1.807) is 6.92 Å². The van der Waals surface area contributed by atoms with Gasteiger partial charge in [0.05, 0.1) is 5.92 Å². The van der Waals surface area contributed by atoms with E-state index in [2.05, 4.69) is 15.6 Å². The van der Waals surface area contributed by atoms with Gasteiger partial charge >= 0.3 is 29.6 Å². The molecule has 0 bridgehead atoms. The van der Waals surface area contributed by atoms with Crippen molar-refractivity contribution < 1.29 is 34.4 Å². The SMILES string of the molecule is Cc1cc(=O)n(C2=NNC(=O)CC2c2ccccc2)[n-]1.[Na+]. The molecule has 1 amide bonds. The topological polar surface area (TPSA) is 77.6 Å². The van der Waals surface area contributed by atoms with Crippen molar-refractivity contribution in [2.24, 2.45) is 5.10 Å². The first-order valence-electron chi connectivity index (χ1n) is 6.30. The van der Waals surface area contributed by atoms with Crippen molar-refractivity contribution >= 4 is 11.7 Å². The molecule has 1 unspecified atom stereocenters. The van der Waals surface area contributed by atoms with Gasteiger partial charge in [-0.2, -0.15) is 5.10 Å². The van der Waals surface area contributed by atoms with Crippen LogP contribution in [0.25, 0.3) is 0 Å². The van der Waals surface area contributed by atoms with Gasteiger partial charge in [-0.25, -0.2) is 5.43 Å². The smallest absolute Gasteiger partial charge is 0.590 e. The number of hydrogen-bond acceptors (Lipinski definition) is 3. The molecule has 1 aliphatic heterocycles. The van der Waals surface area contributed by atoms with Crippen molar-refractivity contribution in [1.82, 2.24) is 15.2 Å². The maximum atomic E-state index is 11.9. The van der Waals surface area contributed by atoms with Crippen molar-refractivity contribution in [3.05, 3.63) is 58.0 Å². The van der Waals surface area contributed by atoms with Gasteiger partial charge in [-0.1, -0.05) is 37.3 Å².